The number of hydrogen-bond donors (Lipinski definition) is 0. The van der Waals surface area contributed by atoms with Crippen LogP contribution in [0.15, 0.2) is 0 Å². The number of rotatable bonds is 11. The maximum Gasteiger partial charge on any atom is 0.217 e. The maximum absolute atomic E-state index is 11.9. The van der Waals surface area contributed by atoms with Crippen LogP contribution in [0.2, 0.25) is 0 Å². The smallest absolute Gasteiger partial charge is 0.217 e. The maximum atomic E-state index is 11.9. The first kappa shape index (κ1) is 35.5. The molecule has 4 aliphatic carbocycles. The van der Waals surface area contributed by atoms with E-state index in [0.29, 0.717) is 23.7 Å². The predicted octanol–water partition coefficient (Wildman–Crippen LogP) is 4.11. The standard InChI is InChI=1S/C28H50O12S3/c1-16(2)17(3)7-8-18(4)20-9-10-21-19-13-24(38-41(29,30)31)23-14-25(39-42(32,33)34)26(40-43(35,36)37)15-28(23,6)22(19)11-12-27(20,21)5/h16-26H,7-15H2,1-6H3,(H,29,30,31)(H,32,33,34)(H,35,36,37)/p-3. The van der Waals surface area contributed by atoms with Crippen LogP contribution >= 0.6 is 0 Å². The summed E-state index contributed by atoms with van der Waals surface area (Å²) in [5.41, 5.74) is -0.908. The Balaban J connectivity index is 1.67. The van der Waals surface area contributed by atoms with Gasteiger partial charge in [0.25, 0.3) is 0 Å². The number of hydrogen-bond acceptors (Lipinski definition) is 12. The van der Waals surface area contributed by atoms with Crippen molar-refractivity contribution in [3.63, 3.8) is 0 Å². The summed E-state index contributed by atoms with van der Waals surface area (Å²) in [6.45, 7) is 13.2. The lowest BCUT2D eigenvalue weighted by Crippen LogP contribution is -2.62. The second-order valence-corrected chi connectivity index (χ2v) is 17.8. The molecule has 12 atom stereocenters. The minimum atomic E-state index is -5.34. The lowest BCUT2D eigenvalue weighted by Gasteiger charge is -2.63. The van der Waals surface area contributed by atoms with Crippen LogP contribution in [0.3, 0.4) is 0 Å². The Hall–Kier alpha value is -0.390. The Morgan fingerprint density at radius 2 is 1.21 bits per heavy atom. The average molecular weight is 672 g/mol. The van der Waals surface area contributed by atoms with Crippen LogP contribution in [-0.4, -0.2) is 57.2 Å². The molecule has 43 heavy (non-hydrogen) atoms. The molecule has 4 fully saturated rings. The molecule has 12 unspecified atom stereocenters. The molecule has 0 bridgehead atoms. The first-order valence-corrected chi connectivity index (χ1v) is 19.5. The Morgan fingerprint density at radius 1 is 0.674 bits per heavy atom. The van der Waals surface area contributed by atoms with Crippen LogP contribution in [0, 0.1) is 58.2 Å². The fourth-order valence-electron chi connectivity index (χ4n) is 10.1. The van der Waals surface area contributed by atoms with Gasteiger partial charge in [0.1, 0.15) is 12.2 Å². The van der Waals surface area contributed by atoms with Crippen molar-refractivity contribution >= 4 is 31.2 Å². The highest BCUT2D eigenvalue weighted by Gasteiger charge is 2.64. The summed E-state index contributed by atoms with van der Waals surface area (Å²) < 4.78 is 120. The first-order chi connectivity index (χ1) is 19.5. The van der Waals surface area contributed by atoms with Gasteiger partial charge < -0.3 is 13.7 Å². The minimum absolute atomic E-state index is 0.0169. The zero-order chi connectivity index (χ0) is 32.3. The molecule has 0 radical (unpaired) electrons. The summed E-state index contributed by atoms with van der Waals surface area (Å²) in [6, 6.07) is 0. The zero-order valence-corrected chi connectivity index (χ0v) is 28.3. The number of fused-ring (bicyclic) bond motifs is 5. The Kier molecular flexibility index (Phi) is 10.2. The molecule has 0 aromatic heterocycles. The quantitative estimate of drug-likeness (QED) is 0.225. The minimum Gasteiger partial charge on any atom is -0.726 e. The van der Waals surface area contributed by atoms with Crippen molar-refractivity contribution < 1.29 is 51.5 Å². The second-order valence-electron chi connectivity index (χ2n) is 14.8. The van der Waals surface area contributed by atoms with E-state index in [-0.39, 0.29) is 42.4 Å². The van der Waals surface area contributed by atoms with Gasteiger partial charge in [0.2, 0.25) is 31.2 Å². The molecule has 0 aromatic carbocycles. The molecule has 252 valence electrons. The lowest BCUT2D eigenvalue weighted by molar-refractivity contribution is -0.184. The van der Waals surface area contributed by atoms with Gasteiger partial charge in [-0.15, -0.1) is 0 Å². The van der Waals surface area contributed by atoms with Crippen molar-refractivity contribution in [1.29, 1.82) is 0 Å². The summed E-state index contributed by atoms with van der Waals surface area (Å²) in [5.74, 6) is 1.52. The topological polar surface area (TPSA) is 199 Å². The summed E-state index contributed by atoms with van der Waals surface area (Å²) in [6.07, 6.45) is 1.22. The van der Waals surface area contributed by atoms with Gasteiger partial charge in [-0.05, 0) is 103 Å². The molecule has 0 aromatic rings. The first-order valence-electron chi connectivity index (χ1n) is 15.5. The van der Waals surface area contributed by atoms with E-state index in [1.807, 2.05) is 6.92 Å². The molecule has 0 aliphatic heterocycles. The van der Waals surface area contributed by atoms with Gasteiger partial charge in [0, 0.05) is 0 Å². The molecular formula is C28H47O12S3-3. The van der Waals surface area contributed by atoms with Gasteiger partial charge in [-0.3, -0.25) is 12.5 Å². The molecule has 0 N–H and O–H groups in total. The summed E-state index contributed by atoms with van der Waals surface area (Å²) in [7, 11) is -15.8. The monoisotopic (exact) mass is 671 g/mol. The third-order valence-electron chi connectivity index (χ3n) is 12.3. The second kappa shape index (κ2) is 12.3. The van der Waals surface area contributed by atoms with Crippen LogP contribution in [0.1, 0.15) is 99.3 Å². The molecule has 0 spiro atoms. The molecule has 4 aliphatic rings. The Bertz CT molecular complexity index is 1330. The predicted molar refractivity (Wildman–Crippen MR) is 152 cm³/mol. The fraction of sp³-hybridized carbons (Fsp3) is 1.00. The van der Waals surface area contributed by atoms with Gasteiger partial charge in [0.15, 0.2) is 0 Å². The van der Waals surface area contributed by atoms with Crippen LogP contribution in [0.4, 0.5) is 0 Å². The van der Waals surface area contributed by atoms with E-state index in [9.17, 15) is 38.9 Å². The zero-order valence-electron chi connectivity index (χ0n) is 25.8. The van der Waals surface area contributed by atoms with Gasteiger partial charge in [-0.2, -0.15) is 0 Å². The molecule has 12 nitrogen and oxygen atoms in total. The van der Waals surface area contributed by atoms with E-state index < -0.39 is 60.8 Å². The van der Waals surface area contributed by atoms with Gasteiger partial charge in [-0.1, -0.05) is 54.4 Å². The van der Waals surface area contributed by atoms with E-state index in [1.165, 1.54) is 0 Å². The highest BCUT2D eigenvalue weighted by Crippen LogP contribution is 2.69. The van der Waals surface area contributed by atoms with Crippen LogP contribution in [0.25, 0.3) is 0 Å². The van der Waals surface area contributed by atoms with E-state index >= 15 is 0 Å². The molecule has 4 rings (SSSR count). The molecule has 0 heterocycles. The third kappa shape index (κ3) is 7.78. The van der Waals surface area contributed by atoms with Crippen molar-refractivity contribution in [2.45, 2.75) is 118 Å². The molecular weight excluding hydrogens is 624 g/mol. The van der Waals surface area contributed by atoms with Crippen molar-refractivity contribution in [2.24, 2.45) is 58.2 Å². The average Bonchev–Trinajstić information content (AvgIpc) is 3.18. The molecule has 4 saturated carbocycles. The molecule has 0 saturated heterocycles. The van der Waals surface area contributed by atoms with E-state index in [0.717, 1.165) is 38.5 Å². The van der Waals surface area contributed by atoms with Crippen LogP contribution in [0.5, 0.6) is 0 Å². The highest BCUT2D eigenvalue weighted by molar-refractivity contribution is 7.81. The van der Waals surface area contributed by atoms with Crippen molar-refractivity contribution in [2.75, 3.05) is 0 Å². The largest absolute Gasteiger partial charge is 0.726 e. The molecule has 0 amide bonds. The van der Waals surface area contributed by atoms with Crippen LogP contribution < -0.4 is 0 Å². The SMILES string of the molecule is CC(C)C(C)CCC(C)C1CCC2C3CC(OS(=O)(=O)[O-])C4CC(OS(=O)(=O)[O-])C(OS(=O)(=O)[O-])CC4(C)C3CCC12C. The fourth-order valence-corrected chi connectivity index (χ4v) is 11.6. The van der Waals surface area contributed by atoms with Crippen LogP contribution in [-0.2, 0) is 43.7 Å². The Labute approximate surface area is 257 Å². The van der Waals surface area contributed by atoms with Gasteiger partial charge in [0.05, 0.1) is 6.10 Å². The van der Waals surface area contributed by atoms with Gasteiger partial charge >= 0.3 is 0 Å². The molecule has 15 heteroatoms. The summed E-state index contributed by atoms with van der Waals surface area (Å²) in [5, 5.41) is 0. The Morgan fingerprint density at radius 3 is 1.77 bits per heavy atom. The third-order valence-corrected chi connectivity index (χ3v) is 13.8. The van der Waals surface area contributed by atoms with E-state index in [1.54, 1.807) is 0 Å². The lowest BCUT2D eigenvalue weighted by atomic mass is 9.43. The van der Waals surface area contributed by atoms with E-state index in [2.05, 4.69) is 38.8 Å². The normalized spacial score (nSPS) is 41.7. The van der Waals surface area contributed by atoms with Crippen molar-refractivity contribution in [3.05, 3.63) is 0 Å². The highest BCUT2D eigenvalue weighted by atomic mass is 32.3. The van der Waals surface area contributed by atoms with Crippen molar-refractivity contribution in [1.82, 2.24) is 0 Å². The summed E-state index contributed by atoms with van der Waals surface area (Å²) >= 11 is 0. The van der Waals surface area contributed by atoms with E-state index in [4.69, 9.17) is 8.37 Å². The van der Waals surface area contributed by atoms with Crippen molar-refractivity contribution in [3.8, 4) is 0 Å². The van der Waals surface area contributed by atoms with Gasteiger partial charge in [-0.25, -0.2) is 25.3 Å². The summed E-state index contributed by atoms with van der Waals surface area (Å²) in [4.78, 5) is 0.